The van der Waals surface area contributed by atoms with Gasteiger partial charge in [-0.05, 0) is 30.4 Å². The van der Waals surface area contributed by atoms with Crippen molar-refractivity contribution in [1.82, 2.24) is 0 Å². The highest BCUT2D eigenvalue weighted by atomic mass is 15.3. The van der Waals surface area contributed by atoms with Gasteiger partial charge in [0.05, 0.1) is 26.7 Å². The summed E-state index contributed by atoms with van der Waals surface area (Å²) in [6, 6.07) is 9.35. The molecule has 1 nitrogen and oxygen atoms in total. The summed E-state index contributed by atoms with van der Waals surface area (Å²) in [7, 11) is 2.43. The van der Waals surface area contributed by atoms with Crippen molar-refractivity contribution in [3.05, 3.63) is 35.4 Å². The van der Waals surface area contributed by atoms with Crippen molar-refractivity contribution < 1.29 is 4.48 Å². The fourth-order valence-corrected chi connectivity index (χ4v) is 3.24. The average molecular weight is 260 g/mol. The van der Waals surface area contributed by atoms with E-state index in [9.17, 15) is 0 Å². The fraction of sp³-hybridized carbons (Fsp3) is 0.667. The van der Waals surface area contributed by atoms with E-state index in [0.29, 0.717) is 0 Å². The molecule has 0 amide bonds. The van der Waals surface area contributed by atoms with E-state index in [2.05, 4.69) is 38.2 Å². The lowest BCUT2D eigenvalue weighted by Gasteiger charge is -2.29. The molecule has 0 N–H and O–H groups in total. The largest absolute Gasteiger partial charge is 0.326 e. The van der Waals surface area contributed by atoms with Crippen LogP contribution in [-0.2, 0) is 12.8 Å². The minimum absolute atomic E-state index is 1.24. The van der Waals surface area contributed by atoms with Crippen molar-refractivity contribution in [2.24, 2.45) is 0 Å². The highest BCUT2D eigenvalue weighted by Crippen LogP contribution is 2.18. The van der Waals surface area contributed by atoms with E-state index in [1.165, 1.54) is 80.2 Å². The number of rotatable bonds is 7. The van der Waals surface area contributed by atoms with Crippen LogP contribution in [0, 0.1) is 0 Å². The summed E-state index contributed by atoms with van der Waals surface area (Å²) in [5.41, 5.74) is 3.02. The van der Waals surface area contributed by atoms with Gasteiger partial charge in [-0.1, -0.05) is 37.6 Å². The number of hydrogen-bond acceptors (Lipinski definition) is 0. The summed E-state index contributed by atoms with van der Waals surface area (Å²) in [5.74, 6) is 0. The number of nitrogens with zero attached hydrogens (tertiary/aromatic N) is 1. The molecule has 0 saturated carbocycles. The summed E-state index contributed by atoms with van der Waals surface area (Å²) in [5, 5.41) is 0. The van der Waals surface area contributed by atoms with Crippen LogP contribution in [0.1, 0.15) is 50.2 Å². The molecule has 1 saturated heterocycles. The Morgan fingerprint density at radius 3 is 1.95 bits per heavy atom. The second kappa shape index (κ2) is 7.09. The molecule has 1 fully saturated rings. The molecule has 1 aliphatic heterocycles. The zero-order valence-electron chi connectivity index (χ0n) is 12.8. The molecule has 0 radical (unpaired) electrons. The highest BCUT2D eigenvalue weighted by molar-refractivity contribution is 5.22. The second-order valence-electron chi connectivity index (χ2n) is 6.52. The van der Waals surface area contributed by atoms with E-state index in [4.69, 9.17) is 0 Å². The molecule has 0 aromatic heterocycles. The van der Waals surface area contributed by atoms with E-state index in [1.807, 2.05) is 0 Å². The third-order valence-corrected chi connectivity index (χ3v) is 4.65. The Balaban J connectivity index is 1.73. The van der Waals surface area contributed by atoms with Crippen LogP contribution in [0.4, 0.5) is 0 Å². The Bertz CT molecular complexity index is 360. The zero-order valence-corrected chi connectivity index (χ0v) is 12.8. The molecule has 0 atom stereocenters. The van der Waals surface area contributed by atoms with Gasteiger partial charge in [-0.15, -0.1) is 0 Å². The van der Waals surface area contributed by atoms with Crippen molar-refractivity contribution in [3.8, 4) is 0 Å². The molecule has 2 rings (SSSR count). The van der Waals surface area contributed by atoms with Gasteiger partial charge in [-0.25, -0.2) is 0 Å². The van der Waals surface area contributed by atoms with Crippen LogP contribution in [0.3, 0.4) is 0 Å². The average Bonchev–Trinajstić information content (AvgIpc) is 2.85. The third-order valence-electron chi connectivity index (χ3n) is 4.65. The molecule has 1 aromatic rings. The van der Waals surface area contributed by atoms with Crippen LogP contribution >= 0.6 is 0 Å². The maximum Gasteiger partial charge on any atom is 0.0787 e. The summed E-state index contributed by atoms with van der Waals surface area (Å²) in [6.07, 6.45) is 9.30. The summed E-state index contributed by atoms with van der Waals surface area (Å²) in [4.78, 5) is 0. The molecule has 106 valence electrons. The standard InChI is InChI=1S/C18H30N/c1-3-4-8-17-10-12-18(13-11-17)9-7-16-19(2)14-5-6-15-19/h10-13H,3-9,14-16H2,1-2H3/q+1. The fourth-order valence-electron chi connectivity index (χ4n) is 3.24. The monoisotopic (exact) mass is 260 g/mol. The first-order valence-electron chi connectivity index (χ1n) is 8.13. The van der Waals surface area contributed by atoms with Crippen molar-refractivity contribution in [2.75, 3.05) is 26.7 Å². The lowest BCUT2D eigenvalue weighted by Crippen LogP contribution is -2.41. The van der Waals surface area contributed by atoms with E-state index in [-0.39, 0.29) is 0 Å². The smallest absolute Gasteiger partial charge is 0.0787 e. The van der Waals surface area contributed by atoms with Gasteiger partial charge < -0.3 is 4.48 Å². The van der Waals surface area contributed by atoms with Crippen LogP contribution in [-0.4, -0.2) is 31.2 Å². The molecular weight excluding hydrogens is 230 g/mol. The number of hydrogen-bond donors (Lipinski definition) is 0. The Hall–Kier alpha value is -0.820. The maximum atomic E-state index is 2.43. The molecule has 19 heavy (non-hydrogen) atoms. The molecule has 1 heterocycles. The van der Waals surface area contributed by atoms with Gasteiger partial charge in [-0.3, -0.25) is 0 Å². The molecule has 0 unspecified atom stereocenters. The van der Waals surface area contributed by atoms with Crippen molar-refractivity contribution >= 4 is 0 Å². The van der Waals surface area contributed by atoms with Gasteiger partial charge in [-0.2, -0.15) is 0 Å². The molecule has 0 bridgehead atoms. The molecule has 1 heteroatoms. The minimum atomic E-state index is 1.24. The van der Waals surface area contributed by atoms with Crippen molar-refractivity contribution in [2.45, 2.75) is 51.9 Å². The lowest BCUT2D eigenvalue weighted by atomic mass is 10.0. The van der Waals surface area contributed by atoms with Crippen molar-refractivity contribution in [3.63, 3.8) is 0 Å². The lowest BCUT2D eigenvalue weighted by molar-refractivity contribution is -0.897. The third kappa shape index (κ3) is 4.65. The van der Waals surface area contributed by atoms with E-state index in [0.717, 1.165) is 0 Å². The number of likely N-dealkylation sites (tertiary alicyclic amines) is 1. The van der Waals surface area contributed by atoms with Crippen LogP contribution in [0.25, 0.3) is 0 Å². The predicted molar refractivity (Wildman–Crippen MR) is 83.4 cm³/mol. The SMILES string of the molecule is CCCCc1ccc(CCC[N+]2(C)CCCC2)cc1. The van der Waals surface area contributed by atoms with Crippen LogP contribution in [0.15, 0.2) is 24.3 Å². The van der Waals surface area contributed by atoms with Crippen LogP contribution < -0.4 is 0 Å². The predicted octanol–water partition coefficient (Wildman–Crippen LogP) is 4.20. The summed E-state index contributed by atoms with van der Waals surface area (Å²) < 4.78 is 1.31. The Labute approximate surface area is 119 Å². The molecule has 0 spiro atoms. The van der Waals surface area contributed by atoms with Gasteiger partial charge in [0, 0.05) is 19.3 Å². The maximum absolute atomic E-state index is 2.43. The highest BCUT2D eigenvalue weighted by Gasteiger charge is 2.25. The molecular formula is C18H30N+. The molecule has 1 aromatic carbocycles. The quantitative estimate of drug-likeness (QED) is 0.645. The first kappa shape index (κ1) is 14.6. The van der Waals surface area contributed by atoms with Gasteiger partial charge >= 0.3 is 0 Å². The molecule has 1 aliphatic rings. The number of benzene rings is 1. The molecule has 0 aliphatic carbocycles. The number of quaternary nitrogens is 1. The Morgan fingerprint density at radius 1 is 0.895 bits per heavy atom. The van der Waals surface area contributed by atoms with E-state index in [1.54, 1.807) is 0 Å². The first-order chi connectivity index (χ1) is 9.22. The zero-order chi connectivity index (χ0) is 13.6. The normalized spacial score (nSPS) is 17.8. The Morgan fingerprint density at radius 2 is 1.42 bits per heavy atom. The Kier molecular flexibility index (Phi) is 5.45. The second-order valence-corrected chi connectivity index (χ2v) is 6.52. The summed E-state index contributed by atoms with van der Waals surface area (Å²) >= 11 is 0. The summed E-state index contributed by atoms with van der Waals surface area (Å²) in [6.45, 7) is 6.42. The van der Waals surface area contributed by atoms with Gasteiger partial charge in [0.1, 0.15) is 0 Å². The van der Waals surface area contributed by atoms with Crippen LogP contribution in [0.2, 0.25) is 0 Å². The first-order valence-corrected chi connectivity index (χ1v) is 8.13. The van der Waals surface area contributed by atoms with E-state index < -0.39 is 0 Å². The van der Waals surface area contributed by atoms with Gasteiger partial charge in [0.15, 0.2) is 0 Å². The number of aryl methyl sites for hydroxylation is 2. The van der Waals surface area contributed by atoms with Crippen molar-refractivity contribution in [1.29, 1.82) is 0 Å². The number of unbranched alkanes of at least 4 members (excludes halogenated alkanes) is 1. The van der Waals surface area contributed by atoms with Crippen LogP contribution in [0.5, 0.6) is 0 Å². The van der Waals surface area contributed by atoms with E-state index >= 15 is 0 Å². The van der Waals surface area contributed by atoms with Gasteiger partial charge in [0.2, 0.25) is 0 Å². The minimum Gasteiger partial charge on any atom is -0.326 e. The van der Waals surface area contributed by atoms with Gasteiger partial charge in [0.25, 0.3) is 0 Å². The topological polar surface area (TPSA) is 0 Å².